The predicted molar refractivity (Wildman–Crippen MR) is 92.6 cm³/mol. The molecule has 6 nitrogen and oxygen atoms in total. The lowest BCUT2D eigenvalue weighted by Gasteiger charge is -2.28. The second kappa shape index (κ2) is 5.96. The van der Waals surface area contributed by atoms with E-state index in [1.54, 1.807) is 0 Å². The summed E-state index contributed by atoms with van der Waals surface area (Å²) in [6.45, 7) is 1.65. The summed E-state index contributed by atoms with van der Waals surface area (Å²) in [5.41, 5.74) is 3.15. The molecular formula is C18H19N5O. The van der Waals surface area contributed by atoms with Gasteiger partial charge in [0.15, 0.2) is 0 Å². The van der Waals surface area contributed by atoms with Gasteiger partial charge in [-0.25, -0.2) is 0 Å². The molecule has 1 amide bonds. The molecule has 1 aliphatic heterocycles. The zero-order valence-corrected chi connectivity index (χ0v) is 13.6. The van der Waals surface area contributed by atoms with E-state index in [-0.39, 0.29) is 5.91 Å². The monoisotopic (exact) mass is 321 g/mol. The summed E-state index contributed by atoms with van der Waals surface area (Å²) in [4.78, 5) is 14.6. The van der Waals surface area contributed by atoms with Crippen LogP contribution in [0.5, 0.6) is 0 Å². The molecule has 0 aliphatic carbocycles. The van der Waals surface area contributed by atoms with Crippen molar-refractivity contribution in [1.29, 1.82) is 0 Å². The van der Waals surface area contributed by atoms with Gasteiger partial charge >= 0.3 is 0 Å². The van der Waals surface area contributed by atoms with Crippen LogP contribution in [0.15, 0.2) is 42.6 Å². The van der Waals surface area contributed by atoms with Gasteiger partial charge in [0.25, 0.3) is 0 Å². The number of carbonyl (C=O) groups excluding carboxylic acids is 1. The number of benzene rings is 1. The highest BCUT2D eigenvalue weighted by Crippen LogP contribution is 2.20. The second-order valence-electron chi connectivity index (χ2n) is 6.02. The molecule has 1 aliphatic rings. The van der Waals surface area contributed by atoms with Gasteiger partial charge < -0.3 is 14.8 Å². The van der Waals surface area contributed by atoms with Gasteiger partial charge in [-0.15, -0.1) is 5.10 Å². The molecule has 0 bridgehead atoms. The number of hydrogen-bond donors (Lipinski definition) is 1. The first kappa shape index (κ1) is 14.7. The SMILES string of the molecule is CNc1cc2c(nn1)CCN(C(=O)Cn1ccc3ccccc31)C2. The first-order chi connectivity index (χ1) is 11.7. The van der Waals surface area contributed by atoms with E-state index in [0.717, 1.165) is 34.4 Å². The van der Waals surface area contributed by atoms with Gasteiger partial charge in [-0.2, -0.15) is 5.10 Å². The van der Waals surface area contributed by atoms with Crippen LogP contribution in [0.4, 0.5) is 5.82 Å². The minimum absolute atomic E-state index is 0.129. The predicted octanol–water partition coefficient (Wildman–Crippen LogP) is 2.06. The maximum atomic E-state index is 12.7. The molecule has 0 atom stereocenters. The number of amides is 1. The van der Waals surface area contributed by atoms with Gasteiger partial charge in [-0.3, -0.25) is 4.79 Å². The molecule has 1 aromatic carbocycles. The van der Waals surface area contributed by atoms with E-state index in [1.165, 1.54) is 0 Å². The van der Waals surface area contributed by atoms with E-state index in [4.69, 9.17) is 0 Å². The molecule has 1 N–H and O–H groups in total. The van der Waals surface area contributed by atoms with Crippen molar-refractivity contribution in [1.82, 2.24) is 19.7 Å². The van der Waals surface area contributed by atoms with Crippen LogP contribution in [0, 0.1) is 0 Å². The molecule has 0 fully saturated rings. The molecule has 24 heavy (non-hydrogen) atoms. The van der Waals surface area contributed by atoms with Crippen LogP contribution in [-0.4, -0.2) is 39.2 Å². The highest BCUT2D eigenvalue weighted by molar-refractivity contribution is 5.83. The average molecular weight is 321 g/mol. The minimum atomic E-state index is 0.129. The first-order valence-electron chi connectivity index (χ1n) is 8.09. The van der Waals surface area contributed by atoms with Crippen molar-refractivity contribution >= 4 is 22.6 Å². The number of carbonyl (C=O) groups is 1. The lowest BCUT2D eigenvalue weighted by molar-refractivity contribution is -0.132. The van der Waals surface area contributed by atoms with Crippen molar-refractivity contribution in [3.63, 3.8) is 0 Å². The molecule has 122 valence electrons. The van der Waals surface area contributed by atoms with Gasteiger partial charge in [0.1, 0.15) is 12.4 Å². The smallest absolute Gasteiger partial charge is 0.242 e. The number of para-hydroxylation sites is 1. The number of fused-ring (bicyclic) bond motifs is 2. The van der Waals surface area contributed by atoms with E-state index in [0.29, 0.717) is 19.6 Å². The highest BCUT2D eigenvalue weighted by atomic mass is 16.2. The lowest BCUT2D eigenvalue weighted by Crippen LogP contribution is -2.38. The number of hydrogen-bond acceptors (Lipinski definition) is 4. The number of rotatable bonds is 3. The summed E-state index contributed by atoms with van der Waals surface area (Å²) in [6.07, 6.45) is 2.73. The molecule has 4 rings (SSSR count). The van der Waals surface area contributed by atoms with Crippen molar-refractivity contribution in [2.45, 2.75) is 19.5 Å². The molecule has 0 saturated heterocycles. The Balaban J connectivity index is 1.53. The largest absolute Gasteiger partial charge is 0.372 e. The van der Waals surface area contributed by atoms with Crippen LogP contribution in [0.25, 0.3) is 10.9 Å². The molecular weight excluding hydrogens is 302 g/mol. The van der Waals surface area contributed by atoms with Crippen molar-refractivity contribution in [2.75, 3.05) is 18.9 Å². The van der Waals surface area contributed by atoms with Crippen LogP contribution >= 0.6 is 0 Å². The minimum Gasteiger partial charge on any atom is -0.372 e. The normalized spacial score (nSPS) is 13.8. The Bertz CT molecular complexity index is 901. The molecule has 3 aromatic rings. The Morgan fingerprint density at radius 1 is 1.25 bits per heavy atom. The quantitative estimate of drug-likeness (QED) is 0.802. The fraction of sp³-hybridized carbons (Fsp3) is 0.278. The van der Waals surface area contributed by atoms with Crippen LogP contribution in [0.2, 0.25) is 0 Å². The maximum Gasteiger partial charge on any atom is 0.242 e. The molecule has 0 unspecified atom stereocenters. The van der Waals surface area contributed by atoms with Crippen molar-refractivity contribution < 1.29 is 4.79 Å². The van der Waals surface area contributed by atoms with Gasteiger partial charge in [-0.05, 0) is 29.1 Å². The molecule has 0 saturated carbocycles. The van der Waals surface area contributed by atoms with E-state index < -0.39 is 0 Å². The first-order valence-corrected chi connectivity index (χ1v) is 8.09. The Labute approximate surface area is 140 Å². The zero-order valence-electron chi connectivity index (χ0n) is 13.6. The molecule has 3 heterocycles. The Hall–Kier alpha value is -2.89. The molecule has 2 aromatic heterocycles. The fourth-order valence-electron chi connectivity index (χ4n) is 3.19. The van der Waals surface area contributed by atoms with E-state index in [1.807, 2.05) is 53.0 Å². The lowest BCUT2D eigenvalue weighted by atomic mass is 10.1. The Morgan fingerprint density at radius 2 is 2.12 bits per heavy atom. The fourth-order valence-corrected chi connectivity index (χ4v) is 3.19. The van der Waals surface area contributed by atoms with Crippen molar-refractivity contribution in [3.8, 4) is 0 Å². The average Bonchev–Trinajstić information content (AvgIpc) is 3.03. The third kappa shape index (κ3) is 2.60. The maximum absolute atomic E-state index is 12.7. The summed E-state index contributed by atoms with van der Waals surface area (Å²) in [7, 11) is 1.82. The Kier molecular flexibility index (Phi) is 3.65. The van der Waals surface area contributed by atoms with Crippen LogP contribution in [0.1, 0.15) is 11.3 Å². The molecule has 0 spiro atoms. The zero-order chi connectivity index (χ0) is 16.5. The van der Waals surface area contributed by atoms with E-state index in [9.17, 15) is 4.79 Å². The number of anilines is 1. The van der Waals surface area contributed by atoms with Crippen molar-refractivity contribution in [2.24, 2.45) is 0 Å². The van der Waals surface area contributed by atoms with Crippen LogP contribution in [0.3, 0.4) is 0 Å². The number of aromatic nitrogens is 3. The van der Waals surface area contributed by atoms with Crippen LogP contribution in [-0.2, 0) is 24.3 Å². The number of nitrogens with zero attached hydrogens (tertiary/aromatic N) is 4. The summed E-state index contributed by atoms with van der Waals surface area (Å²) in [6, 6.07) is 12.1. The second-order valence-corrected chi connectivity index (χ2v) is 6.02. The third-order valence-electron chi connectivity index (χ3n) is 4.53. The highest BCUT2D eigenvalue weighted by Gasteiger charge is 2.22. The van der Waals surface area contributed by atoms with E-state index in [2.05, 4.69) is 21.6 Å². The van der Waals surface area contributed by atoms with Gasteiger partial charge in [0.05, 0.1) is 5.69 Å². The van der Waals surface area contributed by atoms with Gasteiger partial charge in [-0.1, -0.05) is 18.2 Å². The van der Waals surface area contributed by atoms with Gasteiger partial charge in [0, 0.05) is 38.3 Å². The number of nitrogens with one attached hydrogen (secondary N) is 1. The topological polar surface area (TPSA) is 63.1 Å². The van der Waals surface area contributed by atoms with Gasteiger partial charge in [0.2, 0.25) is 5.91 Å². The molecule has 6 heteroatoms. The van der Waals surface area contributed by atoms with E-state index >= 15 is 0 Å². The summed E-state index contributed by atoms with van der Waals surface area (Å²) < 4.78 is 2.01. The summed E-state index contributed by atoms with van der Waals surface area (Å²) >= 11 is 0. The summed E-state index contributed by atoms with van der Waals surface area (Å²) in [5.74, 6) is 0.865. The van der Waals surface area contributed by atoms with Crippen molar-refractivity contribution in [3.05, 3.63) is 53.9 Å². The standard InChI is InChI=1S/C18H19N5O/c1-19-17-10-14-11-23(9-7-15(14)20-21-17)18(24)12-22-8-6-13-4-2-3-5-16(13)22/h2-6,8,10H,7,9,11-12H2,1H3,(H,19,21). The molecule has 0 radical (unpaired) electrons. The Morgan fingerprint density at radius 3 is 3.00 bits per heavy atom. The summed E-state index contributed by atoms with van der Waals surface area (Å²) in [5, 5.41) is 12.5. The third-order valence-corrected chi connectivity index (χ3v) is 4.53. The van der Waals surface area contributed by atoms with Crippen LogP contribution < -0.4 is 5.32 Å².